The van der Waals surface area contributed by atoms with E-state index in [1.165, 1.54) is 12.1 Å². The maximum atomic E-state index is 13.3. The Labute approximate surface area is 148 Å². The van der Waals surface area contributed by atoms with Crippen LogP contribution in [-0.4, -0.2) is 25.7 Å². The van der Waals surface area contributed by atoms with Gasteiger partial charge in [0.25, 0.3) is 11.5 Å². The highest BCUT2D eigenvalue weighted by Gasteiger charge is 2.19. The molecule has 0 unspecified atom stereocenters. The lowest BCUT2D eigenvalue weighted by atomic mass is 10.2. The van der Waals surface area contributed by atoms with Crippen molar-refractivity contribution in [1.29, 1.82) is 0 Å². The lowest BCUT2D eigenvalue weighted by Crippen LogP contribution is -2.25. The predicted octanol–water partition coefficient (Wildman–Crippen LogP) is 1.92. The van der Waals surface area contributed by atoms with Gasteiger partial charge in [0.05, 0.1) is 11.0 Å². The third-order valence-electron chi connectivity index (χ3n) is 3.91. The normalized spacial score (nSPS) is 11.2. The van der Waals surface area contributed by atoms with E-state index in [2.05, 4.69) is 20.6 Å². The van der Waals surface area contributed by atoms with Gasteiger partial charge >= 0.3 is 0 Å². The molecule has 0 atom stereocenters. The summed E-state index contributed by atoms with van der Waals surface area (Å²) >= 11 is 0. The number of halogens is 3. The number of hydrogen-bond donors (Lipinski definition) is 2. The molecule has 4 aromatic rings. The number of aromatic nitrogens is 4. The van der Waals surface area contributed by atoms with Crippen LogP contribution in [-0.2, 0) is 6.54 Å². The molecule has 0 aliphatic carbocycles. The number of rotatable bonds is 3. The van der Waals surface area contributed by atoms with Crippen LogP contribution in [0.1, 0.15) is 16.1 Å². The monoisotopic (exact) mass is 373 g/mol. The third kappa shape index (κ3) is 3.01. The van der Waals surface area contributed by atoms with Crippen LogP contribution >= 0.6 is 0 Å². The number of benzene rings is 2. The highest BCUT2D eigenvalue weighted by molar-refractivity contribution is 5.99. The Morgan fingerprint density at radius 3 is 2.56 bits per heavy atom. The quantitative estimate of drug-likeness (QED) is 0.574. The first-order valence-electron chi connectivity index (χ1n) is 7.72. The first-order chi connectivity index (χ1) is 12.9. The van der Waals surface area contributed by atoms with Gasteiger partial charge < -0.3 is 10.3 Å². The van der Waals surface area contributed by atoms with Crippen molar-refractivity contribution in [3.8, 4) is 0 Å². The zero-order valence-corrected chi connectivity index (χ0v) is 13.5. The number of amides is 1. The van der Waals surface area contributed by atoms with Gasteiger partial charge in [-0.05, 0) is 35.9 Å². The Kier molecular flexibility index (Phi) is 3.87. The van der Waals surface area contributed by atoms with Crippen LogP contribution in [0.15, 0.2) is 41.2 Å². The fourth-order valence-corrected chi connectivity index (χ4v) is 2.76. The van der Waals surface area contributed by atoms with Crippen LogP contribution in [0.4, 0.5) is 13.2 Å². The molecule has 7 nitrogen and oxygen atoms in total. The number of fused-ring (bicyclic) bond motifs is 3. The molecular weight excluding hydrogens is 363 g/mol. The first kappa shape index (κ1) is 16.8. The molecule has 0 radical (unpaired) electrons. The third-order valence-corrected chi connectivity index (χ3v) is 3.91. The van der Waals surface area contributed by atoms with E-state index < -0.39 is 28.9 Å². The zero-order chi connectivity index (χ0) is 19.1. The Morgan fingerprint density at radius 2 is 1.81 bits per heavy atom. The summed E-state index contributed by atoms with van der Waals surface area (Å²) in [5.41, 5.74) is -0.326. The van der Waals surface area contributed by atoms with E-state index in [-0.39, 0.29) is 28.8 Å². The number of nitrogens with zero attached hydrogens (tertiary/aromatic N) is 3. The number of carbonyl (C=O) groups is 1. The van der Waals surface area contributed by atoms with Crippen molar-refractivity contribution >= 4 is 22.5 Å². The van der Waals surface area contributed by atoms with Crippen LogP contribution in [0.2, 0.25) is 0 Å². The summed E-state index contributed by atoms with van der Waals surface area (Å²) in [5, 5.41) is 9.93. The molecule has 0 bridgehead atoms. The molecule has 2 aromatic heterocycles. The number of nitrogens with one attached hydrogen (secondary N) is 2. The van der Waals surface area contributed by atoms with Crippen molar-refractivity contribution in [1.82, 2.24) is 25.1 Å². The van der Waals surface area contributed by atoms with Crippen molar-refractivity contribution in [2.24, 2.45) is 0 Å². The summed E-state index contributed by atoms with van der Waals surface area (Å²) in [6.45, 7) is -0.177. The summed E-state index contributed by atoms with van der Waals surface area (Å²) in [6, 6.07) is 6.55. The van der Waals surface area contributed by atoms with E-state index in [1.54, 1.807) is 0 Å². The molecule has 2 N–H and O–H groups in total. The fraction of sp³-hybridized carbons (Fsp3) is 0.0588. The van der Waals surface area contributed by atoms with E-state index in [1.807, 2.05) is 0 Å². The molecule has 10 heteroatoms. The van der Waals surface area contributed by atoms with Gasteiger partial charge in [0.2, 0.25) is 0 Å². The van der Waals surface area contributed by atoms with Crippen molar-refractivity contribution in [2.45, 2.75) is 6.54 Å². The van der Waals surface area contributed by atoms with Crippen LogP contribution in [0.3, 0.4) is 0 Å². The average Bonchev–Trinajstić information content (AvgIpc) is 3.04. The fourth-order valence-electron chi connectivity index (χ4n) is 2.76. The van der Waals surface area contributed by atoms with Gasteiger partial charge in [-0.2, -0.15) is 0 Å². The van der Waals surface area contributed by atoms with E-state index in [4.69, 9.17) is 0 Å². The van der Waals surface area contributed by atoms with Gasteiger partial charge in [0, 0.05) is 12.6 Å². The number of hydrogen-bond acceptors (Lipinski definition) is 4. The summed E-state index contributed by atoms with van der Waals surface area (Å²) in [6.07, 6.45) is 0. The van der Waals surface area contributed by atoms with E-state index >= 15 is 0 Å². The lowest BCUT2D eigenvalue weighted by Gasteiger charge is -2.05. The van der Waals surface area contributed by atoms with Crippen LogP contribution in [0, 0.1) is 17.5 Å². The van der Waals surface area contributed by atoms with Gasteiger partial charge in [0.15, 0.2) is 11.2 Å². The molecule has 0 saturated heterocycles. The molecule has 0 spiro atoms. The summed E-state index contributed by atoms with van der Waals surface area (Å²) in [5.74, 6) is -2.84. The topological polar surface area (TPSA) is 92.2 Å². The highest BCUT2D eigenvalue weighted by Crippen LogP contribution is 2.14. The molecular formula is C17H10F3N5O2. The van der Waals surface area contributed by atoms with Crippen molar-refractivity contribution in [3.63, 3.8) is 0 Å². The predicted molar refractivity (Wildman–Crippen MR) is 88.6 cm³/mol. The molecule has 27 heavy (non-hydrogen) atoms. The number of H-pyrrole nitrogens is 1. The van der Waals surface area contributed by atoms with Crippen molar-refractivity contribution in [2.75, 3.05) is 0 Å². The van der Waals surface area contributed by atoms with Crippen LogP contribution < -0.4 is 10.9 Å². The van der Waals surface area contributed by atoms with Gasteiger partial charge in [0.1, 0.15) is 17.5 Å². The number of aromatic amines is 1. The largest absolute Gasteiger partial charge is 0.346 e. The molecule has 0 aliphatic rings. The number of carbonyl (C=O) groups excluding carboxylic acids is 1. The lowest BCUT2D eigenvalue weighted by molar-refractivity contribution is 0.0947. The maximum Gasteiger partial charge on any atom is 0.277 e. The second kappa shape index (κ2) is 6.24. The highest BCUT2D eigenvalue weighted by atomic mass is 19.1. The van der Waals surface area contributed by atoms with Crippen LogP contribution in [0.5, 0.6) is 0 Å². The van der Waals surface area contributed by atoms with E-state index in [0.29, 0.717) is 11.6 Å². The van der Waals surface area contributed by atoms with Gasteiger partial charge in [-0.15, -0.1) is 5.10 Å². The Morgan fingerprint density at radius 1 is 1.07 bits per heavy atom. The molecule has 0 saturated carbocycles. The molecule has 4 rings (SSSR count). The van der Waals surface area contributed by atoms with E-state index in [0.717, 1.165) is 22.7 Å². The Hall–Kier alpha value is -3.69. The van der Waals surface area contributed by atoms with Gasteiger partial charge in [-0.1, -0.05) is 5.21 Å². The maximum absolute atomic E-state index is 13.3. The van der Waals surface area contributed by atoms with Gasteiger partial charge in [-0.3, -0.25) is 9.59 Å². The molecule has 2 aromatic carbocycles. The second-order valence-corrected chi connectivity index (χ2v) is 5.77. The molecule has 0 fully saturated rings. The average molecular weight is 373 g/mol. The minimum atomic E-state index is -0.775. The van der Waals surface area contributed by atoms with E-state index in [9.17, 15) is 22.8 Å². The zero-order valence-electron chi connectivity index (χ0n) is 13.5. The molecule has 2 heterocycles. The minimum absolute atomic E-state index is 0.128. The smallest absolute Gasteiger partial charge is 0.277 e. The van der Waals surface area contributed by atoms with Crippen LogP contribution in [0.25, 0.3) is 16.6 Å². The van der Waals surface area contributed by atoms with Crippen molar-refractivity contribution in [3.05, 3.63) is 75.5 Å². The Balaban J connectivity index is 1.70. The SMILES string of the molecule is O=C(NCc1cc(F)cc(F)c1)c1nnn2c1c(=O)[nH]c1cc(F)ccc12. The van der Waals surface area contributed by atoms with Gasteiger partial charge in [-0.25, -0.2) is 17.7 Å². The summed E-state index contributed by atoms with van der Waals surface area (Å²) < 4.78 is 40.9. The standard InChI is InChI=1S/C17H10F3N5O2/c18-9-1-2-13-12(6-9)22-17(27)15-14(23-24-25(13)15)16(26)21-7-8-3-10(19)5-11(20)4-8/h1-6H,7H2,(H,21,26)(H,22,27). The summed E-state index contributed by atoms with van der Waals surface area (Å²) in [7, 11) is 0. The second-order valence-electron chi connectivity index (χ2n) is 5.77. The molecule has 0 aliphatic heterocycles. The molecule has 1 amide bonds. The molecule has 136 valence electrons. The summed E-state index contributed by atoms with van der Waals surface area (Å²) in [4.78, 5) is 27.1. The first-order valence-corrected chi connectivity index (χ1v) is 7.72. The van der Waals surface area contributed by atoms with Crippen molar-refractivity contribution < 1.29 is 18.0 Å². The Bertz CT molecular complexity index is 1240. The minimum Gasteiger partial charge on any atom is -0.346 e.